The monoisotopic (exact) mass is 298 g/mol. The van der Waals surface area contributed by atoms with Gasteiger partial charge in [-0.2, -0.15) is 4.98 Å². The van der Waals surface area contributed by atoms with E-state index in [2.05, 4.69) is 20.6 Å². The van der Waals surface area contributed by atoms with E-state index in [4.69, 9.17) is 11.6 Å². The quantitative estimate of drug-likeness (QED) is 0.753. The van der Waals surface area contributed by atoms with Crippen LogP contribution in [-0.4, -0.2) is 17.0 Å². The summed E-state index contributed by atoms with van der Waals surface area (Å²) in [5, 5.41) is 7.89. The number of rotatable bonds is 3. The van der Waals surface area contributed by atoms with Gasteiger partial charge in [0.2, 0.25) is 5.95 Å². The van der Waals surface area contributed by atoms with Crippen molar-refractivity contribution >= 4 is 40.0 Å². The molecule has 0 radical (unpaired) electrons. The molecule has 21 heavy (non-hydrogen) atoms. The molecular formula is C16H15ClN4. The minimum absolute atomic E-state index is 0.569. The number of aryl methyl sites for hydroxylation is 1. The Morgan fingerprint density at radius 3 is 2.62 bits per heavy atom. The van der Waals surface area contributed by atoms with Gasteiger partial charge in [-0.3, -0.25) is 0 Å². The predicted molar refractivity (Wildman–Crippen MR) is 88.6 cm³/mol. The number of halogens is 1. The number of aromatic nitrogens is 2. The second-order valence-corrected chi connectivity index (χ2v) is 5.18. The fraction of sp³-hybridized carbons (Fsp3) is 0.125. The molecule has 1 aromatic heterocycles. The SMILES string of the molecule is CNc1nc(Nc2ccc(C)cc2Cl)c2ccccc2n1. The molecule has 0 amide bonds. The molecular weight excluding hydrogens is 284 g/mol. The van der Waals surface area contributed by atoms with Crippen molar-refractivity contribution in [1.29, 1.82) is 0 Å². The summed E-state index contributed by atoms with van der Waals surface area (Å²) in [4.78, 5) is 8.92. The minimum Gasteiger partial charge on any atom is -0.357 e. The second-order valence-electron chi connectivity index (χ2n) is 4.77. The number of fused-ring (bicyclic) bond motifs is 1. The van der Waals surface area contributed by atoms with E-state index in [1.807, 2.05) is 49.4 Å². The highest BCUT2D eigenvalue weighted by molar-refractivity contribution is 6.33. The molecule has 0 atom stereocenters. The molecule has 2 N–H and O–H groups in total. The molecule has 0 bridgehead atoms. The van der Waals surface area contributed by atoms with Crippen molar-refractivity contribution < 1.29 is 0 Å². The molecule has 106 valence electrons. The number of nitrogens with zero attached hydrogens (tertiary/aromatic N) is 2. The van der Waals surface area contributed by atoms with Gasteiger partial charge in [-0.05, 0) is 36.8 Å². The molecule has 5 heteroatoms. The molecule has 3 aromatic rings. The van der Waals surface area contributed by atoms with Crippen LogP contribution >= 0.6 is 11.6 Å². The second kappa shape index (κ2) is 5.58. The molecule has 0 aliphatic heterocycles. The largest absolute Gasteiger partial charge is 0.357 e. The van der Waals surface area contributed by atoms with Gasteiger partial charge in [-0.25, -0.2) is 4.98 Å². The van der Waals surface area contributed by atoms with Gasteiger partial charge in [0, 0.05) is 12.4 Å². The van der Waals surface area contributed by atoms with Crippen LogP contribution in [0.3, 0.4) is 0 Å². The maximum absolute atomic E-state index is 6.28. The standard InChI is InChI=1S/C16H15ClN4/c1-10-7-8-14(12(17)9-10)19-15-11-5-3-4-6-13(11)20-16(18-2)21-15/h3-9H,1-2H3,(H2,18,19,20,21). The molecule has 0 unspecified atom stereocenters. The third-order valence-electron chi connectivity index (χ3n) is 3.20. The summed E-state index contributed by atoms with van der Waals surface area (Å²) in [6.07, 6.45) is 0. The zero-order valence-electron chi connectivity index (χ0n) is 11.8. The van der Waals surface area contributed by atoms with Gasteiger partial charge in [0.15, 0.2) is 0 Å². The predicted octanol–water partition coefficient (Wildman–Crippen LogP) is 4.38. The van der Waals surface area contributed by atoms with Gasteiger partial charge >= 0.3 is 0 Å². The summed E-state index contributed by atoms with van der Waals surface area (Å²) < 4.78 is 0. The Kier molecular flexibility index (Phi) is 3.62. The number of para-hydroxylation sites is 1. The van der Waals surface area contributed by atoms with E-state index in [1.54, 1.807) is 7.05 Å². The van der Waals surface area contributed by atoms with Crippen LogP contribution in [0.2, 0.25) is 5.02 Å². The van der Waals surface area contributed by atoms with E-state index in [-0.39, 0.29) is 0 Å². The summed E-state index contributed by atoms with van der Waals surface area (Å²) in [5.41, 5.74) is 2.82. The molecule has 0 aliphatic carbocycles. The first-order chi connectivity index (χ1) is 10.2. The Morgan fingerprint density at radius 1 is 1.05 bits per heavy atom. The first-order valence-electron chi connectivity index (χ1n) is 6.65. The summed E-state index contributed by atoms with van der Waals surface area (Å²) in [6.45, 7) is 2.01. The summed E-state index contributed by atoms with van der Waals surface area (Å²) >= 11 is 6.28. The molecule has 3 rings (SSSR count). The van der Waals surface area contributed by atoms with Crippen LogP contribution < -0.4 is 10.6 Å². The van der Waals surface area contributed by atoms with Gasteiger partial charge in [0.05, 0.1) is 16.2 Å². The average Bonchev–Trinajstić information content (AvgIpc) is 2.49. The highest BCUT2D eigenvalue weighted by atomic mass is 35.5. The molecule has 0 saturated heterocycles. The van der Waals surface area contributed by atoms with Gasteiger partial charge in [-0.1, -0.05) is 29.8 Å². The Bertz CT molecular complexity index is 801. The summed E-state index contributed by atoms with van der Waals surface area (Å²) in [7, 11) is 1.80. The maximum Gasteiger partial charge on any atom is 0.224 e. The van der Waals surface area contributed by atoms with Crippen LogP contribution in [0.15, 0.2) is 42.5 Å². The normalized spacial score (nSPS) is 10.6. The van der Waals surface area contributed by atoms with Crippen LogP contribution in [0.4, 0.5) is 17.5 Å². The van der Waals surface area contributed by atoms with Gasteiger partial charge in [0.25, 0.3) is 0 Å². The van der Waals surface area contributed by atoms with Crippen molar-refractivity contribution in [2.45, 2.75) is 6.92 Å². The van der Waals surface area contributed by atoms with Crippen molar-refractivity contribution in [3.63, 3.8) is 0 Å². The molecule has 0 aliphatic rings. The van der Waals surface area contributed by atoms with Crippen molar-refractivity contribution in [2.75, 3.05) is 17.7 Å². The number of nitrogens with one attached hydrogen (secondary N) is 2. The first-order valence-corrected chi connectivity index (χ1v) is 7.03. The van der Waals surface area contributed by atoms with E-state index in [9.17, 15) is 0 Å². The molecule has 2 aromatic carbocycles. The Morgan fingerprint density at radius 2 is 1.86 bits per heavy atom. The lowest BCUT2D eigenvalue weighted by atomic mass is 10.2. The van der Waals surface area contributed by atoms with Crippen LogP contribution in [0, 0.1) is 6.92 Å². The summed E-state index contributed by atoms with van der Waals surface area (Å²) in [5.74, 6) is 1.30. The summed E-state index contributed by atoms with van der Waals surface area (Å²) in [6, 6.07) is 13.7. The molecule has 0 saturated carbocycles. The van der Waals surface area contributed by atoms with Crippen molar-refractivity contribution in [3.8, 4) is 0 Å². The fourth-order valence-electron chi connectivity index (χ4n) is 2.13. The van der Waals surface area contributed by atoms with Gasteiger partial charge < -0.3 is 10.6 Å². The lowest BCUT2D eigenvalue weighted by molar-refractivity contribution is 1.19. The fourth-order valence-corrected chi connectivity index (χ4v) is 2.42. The van der Waals surface area contributed by atoms with E-state index < -0.39 is 0 Å². The maximum atomic E-state index is 6.28. The van der Waals surface area contributed by atoms with E-state index >= 15 is 0 Å². The Balaban J connectivity index is 2.10. The van der Waals surface area contributed by atoms with Crippen LogP contribution in [0.1, 0.15) is 5.56 Å². The van der Waals surface area contributed by atoms with E-state index in [0.717, 1.165) is 28.0 Å². The van der Waals surface area contributed by atoms with Gasteiger partial charge in [0.1, 0.15) is 5.82 Å². The third-order valence-corrected chi connectivity index (χ3v) is 3.52. The van der Waals surface area contributed by atoms with E-state index in [1.165, 1.54) is 0 Å². The average molecular weight is 299 g/mol. The lowest BCUT2D eigenvalue weighted by Gasteiger charge is -2.12. The minimum atomic E-state index is 0.569. The lowest BCUT2D eigenvalue weighted by Crippen LogP contribution is -2.02. The smallest absolute Gasteiger partial charge is 0.224 e. The number of hydrogen-bond acceptors (Lipinski definition) is 4. The highest BCUT2D eigenvalue weighted by Crippen LogP contribution is 2.29. The first kappa shape index (κ1) is 13.6. The Hall–Kier alpha value is -2.33. The zero-order chi connectivity index (χ0) is 14.8. The highest BCUT2D eigenvalue weighted by Gasteiger charge is 2.08. The zero-order valence-corrected chi connectivity index (χ0v) is 12.6. The molecule has 4 nitrogen and oxygen atoms in total. The molecule has 1 heterocycles. The van der Waals surface area contributed by atoms with Crippen molar-refractivity contribution in [1.82, 2.24) is 9.97 Å². The van der Waals surface area contributed by atoms with Crippen LogP contribution in [0.25, 0.3) is 10.9 Å². The number of hydrogen-bond donors (Lipinski definition) is 2. The van der Waals surface area contributed by atoms with E-state index in [0.29, 0.717) is 11.0 Å². The van der Waals surface area contributed by atoms with Gasteiger partial charge in [-0.15, -0.1) is 0 Å². The molecule has 0 fully saturated rings. The topological polar surface area (TPSA) is 49.8 Å². The van der Waals surface area contributed by atoms with Crippen LogP contribution in [0.5, 0.6) is 0 Å². The molecule has 0 spiro atoms. The number of anilines is 3. The van der Waals surface area contributed by atoms with Crippen molar-refractivity contribution in [2.24, 2.45) is 0 Å². The third kappa shape index (κ3) is 2.76. The van der Waals surface area contributed by atoms with Crippen LogP contribution in [-0.2, 0) is 0 Å². The van der Waals surface area contributed by atoms with Crippen molar-refractivity contribution in [3.05, 3.63) is 53.1 Å². The number of benzene rings is 2. The Labute approximate surface area is 128 Å².